The van der Waals surface area contributed by atoms with E-state index in [1.165, 1.54) is 57.8 Å². The molecule has 3 N–H and O–H groups in total. The molecule has 5 heteroatoms. The molecule has 1 rings (SSSR count). The summed E-state index contributed by atoms with van der Waals surface area (Å²) in [5, 5.41) is 3.04. The normalized spacial score (nSPS) is 13.1. The first-order valence-corrected chi connectivity index (χ1v) is 11.6. The van der Waals surface area contributed by atoms with Gasteiger partial charge in [-0.15, -0.1) is 0 Å². The lowest BCUT2D eigenvalue weighted by Crippen LogP contribution is -2.22. The molecular weight excluding hydrogens is 333 g/mol. The van der Waals surface area contributed by atoms with E-state index in [9.17, 15) is 14.4 Å². The highest BCUT2D eigenvalue weighted by Gasteiger charge is 2.29. The second-order valence-electron chi connectivity index (χ2n) is 6.89. The number of hydrogen-bond donors (Lipinski definition) is 3. The molecule has 0 aliphatic carbocycles. The Kier molecular flexibility index (Phi) is 12.1. The Morgan fingerprint density at radius 1 is 0.840 bits per heavy atom. The molecule has 0 aromatic heterocycles. The summed E-state index contributed by atoms with van der Waals surface area (Å²) in [5.41, 5.74) is 0.652. The van der Waals surface area contributed by atoms with Gasteiger partial charge >= 0.3 is 7.60 Å². The molecule has 0 heterocycles. The van der Waals surface area contributed by atoms with Crippen molar-refractivity contribution in [3.05, 3.63) is 35.9 Å². The third kappa shape index (κ3) is 10.8. The fourth-order valence-corrected chi connectivity index (χ4v) is 4.02. The Balaban J connectivity index is 2.08. The number of rotatable bonds is 15. The summed E-state index contributed by atoms with van der Waals surface area (Å²) >= 11 is 0. The quantitative estimate of drug-likeness (QED) is 0.271. The van der Waals surface area contributed by atoms with Crippen molar-refractivity contribution in [2.24, 2.45) is 0 Å². The van der Waals surface area contributed by atoms with Crippen LogP contribution in [0.2, 0.25) is 0 Å². The van der Waals surface area contributed by atoms with Crippen LogP contribution in [0.3, 0.4) is 0 Å². The van der Waals surface area contributed by atoms with Gasteiger partial charge in [0.15, 0.2) is 0 Å². The van der Waals surface area contributed by atoms with E-state index >= 15 is 0 Å². The zero-order chi connectivity index (χ0) is 18.4. The van der Waals surface area contributed by atoms with Crippen molar-refractivity contribution in [1.29, 1.82) is 0 Å². The highest BCUT2D eigenvalue weighted by atomic mass is 31.2. The first-order valence-electron chi connectivity index (χ1n) is 9.89. The van der Waals surface area contributed by atoms with Crippen molar-refractivity contribution >= 4 is 7.60 Å². The fraction of sp³-hybridized carbons (Fsp3) is 0.700. The van der Waals surface area contributed by atoms with Crippen molar-refractivity contribution in [2.45, 2.75) is 83.3 Å². The van der Waals surface area contributed by atoms with Gasteiger partial charge in [0.05, 0.1) is 0 Å². The highest BCUT2D eigenvalue weighted by molar-refractivity contribution is 7.52. The molecule has 0 spiro atoms. The van der Waals surface area contributed by atoms with Crippen LogP contribution in [-0.4, -0.2) is 16.3 Å². The third-order valence-electron chi connectivity index (χ3n) is 4.57. The van der Waals surface area contributed by atoms with Crippen LogP contribution in [-0.2, 0) is 4.57 Å². The number of nitrogens with one attached hydrogen (secondary N) is 1. The number of benzene rings is 1. The summed E-state index contributed by atoms with van der Waals surface area (Å²) in [6.45, 7) is 2.89. The summed E-state index contributed by atoms with van der Waals surface area (Å²) in [6, 6.07) is 8.99. The van der Waals surface area contributed by atoms with Crippen molar-refractivity contribution < 1.29 is 14.4 Å². The van der Waals surface area contributed by atoms with E-state index < -0.39 is 13.4 Å². The van der Waals surface area contributed by atoms with Gasteiger partial charge in [-0.3, -0.25) is 9.88 Å². The molecule has 0 saturated heterocycles. The lowest BCUT2D eigenvalue weighted by Gasteiger charge is -2.20. The molecule has 1 unspecified atom stereocenters. The maximum Gasteiger partial charge on any atom is 0.346 e. The first kappa shape index (κ1) is 22.4. The smallest absolute Gasteiger partial charge is 0.323 e. The lowest BCUT2D eigenvalue weighted by molar-refractivity contribution is 0.347. The topological polar surface area (TPSA) is 69.6 Å². The monoisotopic (exact) mass is 369 g/mol. The molecule has 0 aliphatic heterocycles. The Labute approximate surface area is 153 Å². The molecule has 0 amide bonds. The van der Waals surface area contributed by atoms with Crippen LogP contribution in [0.25, 0.3) is 0 Å². The molecular formula is C20H36NO3P. The average Bonchev–Trinajstić information content (AvgIpc) is 2.58. The largest absolute Gasteiger partial charge is 0.346 e. The van der Waals surface area contributed by atoms with E-state index in [-0.39, 0.29) is 0 Å². The molecule has 1 aromatic carbocycles. The van der Waals surface area contributed by atoms with E-state index in [1.807, 2.05) is 18.2 Å². The van der Waals surface area contributed by atoms with Gasteiger partial charge in [-0.2, -0.15) is 0 Å². The van der Waals surface area contributed by atoms with Crippen LogP contribution < -0.4 is 5.32 Å². The van der Waals surface area contributed by atoms with Gasteiger partial charge in [0, 0.05) is 0 Å². The molecule has 0 aliphatic rings. The minimum Gasteiger partial charge on any atom is -0.323 e. The molecule has 144 valence electrons. The Hall–Kier alpha value is -0.670. The van der Waals surface area contributed by atoms with Gasteiger partial charge in [-0.05, 0) is 18.5 Å². The highest BCUT2D eigenvalue weighted by Crippen LogP contribution is 2.49. The Morgan fingerprint density at radius 2 is 1.32 bits per heavy atom. The lowest BCUT2D eigenvalue weighted by atomic mass is 10.1. The minimum atomic E-state index is -4.19. The molecule has 1 aromatic rings. The van der Waals surface area contributed by atoms with Crippen molar-refractivity contribution in [1.82, 2.24) is 5.32 Å². The fourth-order valence-electron chi connectivity index (χ4n) is 3.09. The molecule has 0 bridgehead atoms. The van der Waals surface area contributed by atoms with Crippen LogP contribution in [0.5, 0.6) is 0 Å². The summed E-state index contributed by atoms with van der Waals surface area (Å²) in [6.07, 6.45) is 14.0. The number of unbranched alkanes of at least 4 members (excludes halogenated alkanes) is 10. The van der Waals surface area contributed by atoms with E-state index in [0.717, 1.165) is 12.8 Å². The van der Waals surface area contributed by atoms with Gasteiger partial charge in [0.1, 0.15) is 5.78 Å². The Bertz CT molecular complexity index is 475. The Morgan fingerprint density at radius 3 is 1.80 bits per heavy atom. The summed E-state index contributed by atoms with van der Waals surface area (Å²) in [5.74, 6) is -0.892. The van der Waals surface area contributed by atoms with Crippen LogP contribution in [0.15, 0.2) is 30.3 Å². The van der Waals surface area contributed by atoms with E-state index in [4.69, 9.17) is 0 Å². The van der Waals surface area contributed by atoms with Crippen LogP contribution in [0.1, 0.15) is 88.9 Å². The minimum absolute atomic E-state index is 0.641. The van der Waals surface area contributed by atoms with Gasteiger partial charge in [0.2, 0.25) is 0 Å². The standard InChI is InChI=1S/C20H36NO3P/c1-2-3-4-5-6-7-8-9-10-11-15-18-21-20(25(22,23)24)19-16-13-12-14-17-19/h12-14,16-17,20-21H,2-11,15,18H2,1H3,(H2,22,23,24). The molecule has 0 radical (unpaired) electrons. The van der Waals surface area contributed by atoms with Gasteiger partial charge < -0.3 is 9.79 Å². The predicted molar refractivity (Wildman–Crippen MR) is 106 cm³/mol. The van der Waals surface area contributed by atoms with E-state index in [1.54, 1.807) is 12.1 Å². The predicted octanol–water partition coefficient (Wildman–Crippen LogP) is 5.76. The zero-order valence-electron chi connectivity index (χ0n) is 15.7. The molecule has 0 fully saturated rings. The van der Waals surface area contributed by atoms with Crippen molar-refractivity contribution in [2.75, 3.05) is 6.54 Å². The van der Waals surface area contributed by atoms with Crippen molar-refractivity contribution in [3.63, 3.8) is 0 Å². The first-order chi connectivity index (χ1) is 12.1. The van der Waals surface area contributed by atoms with Crippen molar-refractivity contribution in [3.8, 4) is 0 Å². The van der Waals surface area contributed by atoms with Gasteiger partial charge in [0.25, 0.3) is 0 Å². The summed E-state index contributed by atoms with van der Waals surface area (Å²) in [4.78, 5) is 19.1. The molecule has 0 saturated carbocycles. The SMILES string of the molecule is CCCCCCCCCCCCCNC(c1ccccc1)P(=O)(O)O. The summed E-state index contributed by atoms with van der Waals surface area (Å²) < 4.78 is 11.7. The van der Waals surface area contributed by atoms with Gasteiger partial charge in [-0.1, -0.05) is 101 Å². The summed E-state index contributed by atoms with van der Waals surface area (Å²) in [7, 11) is -4.19. The van der Waals surface area contributed by atoms with Gasteiger partial charge in [-0.25, -0.2) is 0 Å². The molecule has 25 heavy (non-hydrogen) atoms. The molecule has 4 nitrogen and oxygen atoms in total. The van der Waals surface area contributed by atoms with Crippen LogP contribution in [0, 0.1) is 0 Å². The van der Waals surface area contributed by atoms with E-state index in [0.29, 0.717) is 12.1 Å². The number of hydrogen-bond acceptors (Lipinski definition) is 2. The van der Waals surface area contributed by atoms with Crippen LogP contribution >= 0.6 is 7.60 Å². The second-order valence-corrected chi connectivity index (χ2v) is 8.59. The maximum atomic E-state index is 11.7. The maximum absolute atomic E-state index is 11.7. The average molecular weight is 369 g/mol. The zero-order valence-corrected chi connectivity index (χ0v) is 16.6. The second kappa shape index (κ2) is 13.5. The molecule has 1 atom stereocenters. The van der Waals surface area contributed by atoms with E-state index in [2.05, 4.69) is 12.2 Å². The third-order valence-corrected chi connectivity index (χ3v) is 5.72. The van der Waals surface area contributed by atoms with Crippen LogP contribution in [0.4, 0.5) is 0 Å².